The van der Waals surface area contributed by atoms with Gasteiger partial charge in [-0.05, 0) is 41.8 Å². The Morgan fingerprint density at radius 2 is 1.89 bits per heavy atom. The molecule has 2 atom stereocenters. The van der Waals surface area contributed by atoms with Gasteiger partial charge in [-0.3, -0.25) is 9.52 Å². The van der Waals surface area contributed by atoms with Crippen molar-refractivity contribution in [2.75, 3.05) is 12.4 Å². The molecule has 1 unspecified atom stereocenters. The van der Waals surface area contributed by atoms with Gasteiger partial charge in [-0.25, -0.2) is 18.4 Å². The number of anilines is 1. The summed E-state index contributed by atoms with van der Waals surface area (Å²) in [5.41, 5.74) is 4.18. The number of ether oxygens (including phenoxy) is 1. The summed E-state index contributed by atoms with van der Waals surface area (Å²) < 4.78 is 33.1. The Hall–Kier alpha value is -3.96. The number of carbonyl (C=O) groups excluding carboxylic acids is 1. The fourth-order valence-electron chi connectivity index (χ4n) is 4.60. The summed E-state index contributed by atoms with van der Waals surface area (Å²) in [6, 6.07) is 20.8. The third-order valence-corrected chi connectivity index (χ3v) is 9.08. The smallest absolute Gasteiger partial charge is 0.242 e. The zero-order valence-corrected chi connectivity index (χ0v) is 21.4. The maximum Gasteiger partial charge on any atom is 0.242 e. The predicted octanol–water partition coefficient (Wildman–Crippen LogP) is 4.47. The third kappa shape index (κ3) is 4.51. The van der Waals surface area contributed by atoms with Crippen molar-refractivity contribution in [3.63, 3.8) is 0 Å². The first-order valence-electron chi connectivity index (χ1n) is 11.7. The molecule has 2 aromatic heterocycles. The zero-order chi connectivity index (χ0) is 25.6. The number of amides is 1. The molecule has 0 saturated carbocycles. The molecule has 3 N–H and O–H groups in total. The van der Waals surface area contributed by atoms with Crippen LogP contribution in [-0.2, 0) is 21.2 Å². The summed E-state index contributed by atoms with van der Waals surface area (Å²) in [5, 5.41) is 3.42. The van der Waals surface area contributed by atoms with Gasteiger partial charge in [0.05, 0.1) is 35.3 Å². The molecule has 0 aliphatic carbocycles. The minimum atomic E-state index is -3.69. The van der Waals surface area contributed by atoms with Crippen molar-refractivity contribution < 1.29 is 17.9 Å². The highest BCUT2D eigenvalue weighted by Crippen LogP contribution is 2.35. The van der Waals surface area contributed by atoms with Crippen molar-refractivity contribution in [2.45, 2.75) is 24.1 Å². The lowest BCUT2D eigenvalue weighted by Crippen LogP contribution is -2.21. The number of carbonyl (C=O) groups is 1. The first kappa shape index (κ1) is 23.4. The van der Waals surface area contributed by atoms with E-state index in [1.165, 1.54) is 11.3 Å². The molecule has 0 bridgehead atoms. The van der Waals surface area contributed by atoms with Gasteiger partial charge in [-0.15, -0.1) is 0 Å². The summed E-state index contributed by atoms with van der Waals surface area (Å²) in [6.07, 6.45) is 0.508. The second-order valence-corrected chi connectivity index (χ2v) is 11.8. The summed E-state index contributed by atoms with van der Waals surface area (Å²) in [6.45, 7) is 0. The van der Waals surface area contributed by atoms with Crippen molar-refractivity contribution in [2.24, 2.45) is 0 Å². The number of methoxy groups -OCH3 is 1. The number of rotatable bonds is 7. The van der Waals surface area contributed by atoms with Crippen LogP contribution >= 0.6 is 11.3 Å². The fraction of sp³-hybridized carbons (Fsp3) is 0.192. The topological polar surface area (TPSA) is 126 Å². The molecule has 3 aromatic carbocycles. The number of thiazole rings is 1. The number of para-hydroxylation sites is 3. The van der Waals surface area contributed by atoms with E-state index in [4.69, 9.17) is 14.7 Å². The molecule has 3 heterocycles. The number of imidazole rings is 1. The number of fused-ring (bicyclic) bond motifs is 2. The molecule has 0 radical (unpaired) electrons. The minimum Gasteiger partial charge on any atom is -0.494 e. The number of aromatic nitrogens is 3. The van der Waals surface area contributed by atoms with Crippen molar-refractivity contribution in [3.05, 3.63) is 83.7 Å². The quantitative estimate of drug-likeness (QED) is 0.282. The van der Waals surface area contributed by atoms with Gasteiger partial charge in [0.1, 0.15) is 22.3 Å². The lowest BCUT2D eigenvalue weighted by atomic mass is 10.0. The summed E-state index contributed by atoms with van der Waals surface area (Å²) >= 11 is 1.54. The molecule has 9 nitrogen and oxygen atoms in total. The van der Waals surface area contributed by atoms with Crippen LogP contribution in [0.5, 0.6) is 5.75 Å². The van der Waals surface area contributed by atoms with E-state index >= 15 is 0 Å². The van der Waals surface area contributed by atoms with E-state index in [2.05, 4.69) is 15.0 Å². The number of hydrogen-bond acceptors (Lipinski definition) is 8. The predicted molar refractivity (Wildman–Crippen MR) is 143 cm³/mol. The number of sulfonamides is 1. The van der Waals surface area contributed by atoms with Crippen LogP contribution in [0, 0.1) is 0 Å². The van der Waals surface area contributed by atoms with E-state index in [1.807, 2.05) is 54.6 Å². The number of H-pyrrole nitrogens is 1. The fourth-order valence-corrected chi connectivity index (χ4v) is 6.97. The molecule has 11 heteroatoms. The normalized spacial score (nSPS) is 17.6. The van der Waals surface area contributed by atoms with Gasteiger partial charge < -0.3 is 15.0 Å². The Morgan fingerprint density at radius 1 is 1.08 bits per heavy atom. The number of benzene rings is 3. The van der Waals surface area contributed by atoms with Crippen LogP contribution in [0.3, 0.4) is 0 Å². The van der Waals surface area contributed by atoms with Crippen LogP contribution in [0.2, 0.25) is 0 Å². The van der Waals surface area contributed by atoms with Crippen molar-refractivity contribution in [1.29, 1.82) is 0 Å². The van der Waals surface area contributed by atoms with Crippen LogP contribution in [0.4, 0.5) is 5.13 Å². The Labute approximate surface area is 217 Å². The largest absolute Gasteiger partial charge is 0.494 e. The lowest BCUT2D eigenvalue weighted by molar-refractivity contribution is -0.118. The van der Waals surface area contributed by atoms with Crippen LogP contribution in [0.1, 0.15) is 34.7 Å². The average Bonchev–Trinajstić information content (AvgIpc) is 3.57. The lowest BCUT2D eigenvalue weighted by Gasteiger charge is -2.17. The Balaban J connectivity index is 1.32. The zero-order valence-electron chi connectivity index (χ0n) is 19.8. The van der Waals surface area contributed by atoms with Gasteiger partial charge >= 0.3 is 0 Å². The Morgan fingerprint density at radius 3 is 2.62 bits per heavy atom. The molecule has 1 aliphatic heterocycles. The van der Waals surface area contributed by atoms with Crippen molar-refractivity contribution in [1.82, 2.24) is 19.7 Å². The molecule has 1 aliphatic rings. The highest BCUT2D eigenvalue weighted by Gasteiger charge is 2.37. The molecular weight excluding hydrogens is 510 g/mol. The molecule has 188 valence electrons. The molecule has 1 saturated heterocycles. The molecule has 1 amide bonds. The average molecular weight is 534 g/mol. The maximum absolute atomic E-state index is 12.3. The first-order valence-corrected chi connectivity index (χ1v) is 14.0. The molecule has 6 rings (SSSR count). The molecule has 0 spiro atoms. The number of aromatic amines is 1. The minimum absolute atomic E-state index is 0.0636. The SMILES string of the molecule is COc1cccc2sc(N[C@@H](Cc3ccc(C4CC(=O)NS4(=O)=O)cc3)c3nc4ccccc4[nH]3)nc12. The van der Waals surface area contributed by atoms with Gasteiger partial charge in [0, 0.05) is 0 Å². The Kier molecular flexibility index (Phi) is 5.81. The molecule has 37 heavy (non-hydrogen) atoms. The second-order valence-electron chi connectivity index (χ2n) is 8.87. The standard InChI is InChI=1S/C26H23N5O4S2/c1-35-20-7-4-8-21-24(20)30-26(36-21)29-19(25-27-17-5-2-3-6-18(17)28-25)13-15-9-11-16(12-10-15)22-14-23(32)31-37(22,33)34/h2-12,19,22H,13-14H2,1H3,(H,27,28)(H,29,30)(H,31,32)/t19-,22?/m0/s1. The summed E-state index contributed by atoms with van der Waals surface area (Å²) in [5.74, 6) is 1.01. The van der Waals surface area contributed by atoms with E-state index in [1.54, 1.807) is 19.2 Å². The van der Waals surface area contributed by atoms with Crippen LogP contribution in [0.25, 0.3) is 21.3 Å². The number of nitrogens with zero attached hydrogens (tertiary/aromatic N) is 2. The second kappa shape index (κ2) is 9.16. The van der Waals surface area contributed by atoms with Gasteiger partial charge in [0.15, 0.2) is 5.13 Å². The van der Waals surface area contributed by atoms with Gasteiger partial charge in [-0.2, -0.15) is 0 Å². The van der Waals surface area contributed by atoms with Crippen LogP contribution in [0.15, 0.2) is 66.7 Å². The summed E-state index contributed by atoms with van der Waals surface area (Å²) in [4.78, 5) is 24.6. The van der Waals surface area contributed by atoms with E-state index in [9.17, 15) is 13.2 Å². The van der Waals surface area contributed by atoms with Crippen molar-refractivity contribution in [3.8, 4) is 5.75 Å². The van der Waals surface area contributed by atoms with E-state index < -0.39 is 21.2 Å². The summed E-state index contributed by atoms with van der Waals surface area (Å²) in [7, 11) is -2.06. The highest BCUT2D eigenvalue weighted by atomic mass is 32.2. The molecular formula is C26H23N5O4S2. The third-order valence-electron chi connectivity index (χ3n) is 6.43. The van der Waals surface area contributed by atoms with Gasteiger partial charge in [-0.1, -0.05) is 53.8 Å². The number of hydrogen-bond donors (Lipinski definition) is 3. The first-order chi connectivity index (χ1) is 17.9. The van der Waals surface area contributed by atoms with E-state index in [0.29, 0.717) is 17.7 Å². The van der Waals surface area contributed by atoms with Gasteiger partial charge in [0.25, 0.3) is 0 Å². The molecule has 5 aromatic rings. The Bertz CT molecular complexity index is 1690. The monoisotopic (exact) mass is 533 g/mol. The van der Waals surface area contributed by atoms with Crippen LogP contribution < -0.4 is 14.8 Å². The molecule has 1 fully saturated rings. The highest BCUT2D eigenvalue weighted by molar-refractivity contribution is 7.90. The number of nitrogens with one attached hydrogen (secondary N) is 3. The van der Waals surface area contributed by atoms with E-state index in [-0.39, 0.29) is 12.5 Å². The van der Waals surface area contributed by atoms with Crippen LogP contribution in [-0.4, -0.2) is 36.4 Å². The maximum atomic E-state index is 12.3. The van der Waals surface area contributed by atoms with E-state index in [0.717, 1.165) is 37.8 Å². The van der Waals surface area contributed by atoms with Gasteiger partial charge in [0.2, 0.25) is 15.9 Å². The van der Waals surface area contributed by atoms with Crippen molar-refractivity contribution >= 4 is 53.6 Å².